The second-order valence-electron chi connectivity index (χ2n) is 7.60. The third kappa shape index (κ3) is 3.50. The molecule has 1 fully saturated rings. The highest BCUT2D eigenvalue weighted by Gasteiger charge is 2.42. The van der Waals surface area contributed by atoms with Gasteiger partial charge in [-0.25, -0.2) is 13.8 Å². The molecule has 1 saturated heterocycles. The van der Waals surface area contributed by atoms with E-state index >= 15 is 0 Å². The first kappa shape index (κ1) is 19.8. The molecule has 4 heterocycles. The number of amides is 1. The summed E-state index contributed by atoms with van der Waals surface area (Å²) in [5, 5.41) is 6.22. The van der Waals surface area contributed by atoms with E-state index in [1.54, 1.807) is 24.0 Å². The lowest BCUT2D eigenvalue weighted by atomic mass is 9.95. The zero-order chi connectivity index (χ0) is 20.8. The van der Waals surface area contributed by atoms with E-state index in [0.29, 0.717) is 42.4 Å². The summed E-state index contributed by atoms with van der Waals surface area (Å²) in [7, 11) is 0. The molecule has 2 N–H and O–H groups in total. The molecule has 2 aliphatic rings. The molecular weight excluding hydrogens is 394 g/mol. The molecule has 0 aromatic carbocycles. The Balaban J connectivity index is 1.74. The Morgan fingerprint density at radius 2 is 2.10 bits per heavy atom. The molecule has 2 aromatic rings. The van der Waals surface area contributed by atoms with Crippen LogP contribution in [0.2, 0.25) is 0 Å². The van der Waals surface area contributed by atoms with Crippen molar-refractivity contribution in [2.24, 2.45) is 5.92 Å². The van der Waals surface area contributed by atoms with Crippen LogP contribution in [-0.2, 0) is 0 Å². The SMILES string of the molecule is C=Cc1nc(N2CCC(C)C(F)(F)C2)ccc1-c1c(C)sc2c1NCCNC2=O. The zero-order valence-corrected chi connectivity index (χ0v) is 17.3. The first-order valence-corrected chi connectivity index (χ1v) is 10.6. The quantitative estimate of drug-likeness (QED) is 0.776. The van der Waals surface area contributed by atoms with E-state index < -0.39 is 11.8 Å². The molecular formula is C21H24F2N4OS. The van der Waals surface area contributed by atoms with Crippen LogP contribution >= 0.6 is 11.3 Å². The summed E-state index contributed by atoms with van der Waals surface area (Å²) in [6.45, 7) is 8.86. The summed E-state index contributed by atoms with van der Waals surface area (Å²) in [5.74, 6) is -2.91. The van der Waals surface area contributed by atoms with E-state index in [9.17, 15) is 13.6 Å². The maximum absolute atomic E-state index is 14.2. The van der Waals surface area contributed by atoms with Crippen LogP contribution in [0.3, 0.4) is 0 Å². The fraction of sp³-hybridized carbons (Fsp3) is 0.429. The number of aromatic nitrogens is 1. The average Bonchev–Trinajstić information content (AvgIpc) is 2.92. The van der Waals surface area contributed by atoms with Gasteiger partial charge in [-0.15, -0.1) is 11.3 Å². The van der Waals surface area contributed by atoms with Crippen LogP contribution in [0.1, 0.15) is 33.6 Å². The Bertz CT molecular complexity index is 972. The number of carbonyl (C=O) groups excluding carboxylic acids is 1. The Hall–Kier alpha value is -2.48. The summed E-state index contributed by atoms with van der Waals surface area (Å²) >= 11 is 1.44. The average molecular weight is 419 g/mol. The van der Waals surface area contributed by atoms with Crippen molar-refractivity contribution in [1.82, 2.24) is 10.3 Å². The number of piperidine rings is 1. The zero-order valence-electron chi connectivity index (χ0n) is 16.5. The van der Waals surface area contributed by atoms with Gasteiger partial charge in [-0.05, 0) is 31.6 Å². The molecule has 1 unspecified atom stereocenters. The van der Waals surface area contributed by atoms with E-state index in [2.05, 4.69) is 22.2 Å². The Kier molecular flexibility index (Phi) is 5.06. The van der Waals surface area contributed by atoms with Crippen LogP contribution < -0.4 is 15.5 Å². The van der Waals surface area contributed by atoms with Gasteiger partial charge >= 0.3 is 0 Å². The highest BCUT2D eigenvalue weighted by molar-refractivity contribution is 7.15. The molecule has 0 radical (unpaired) electrons. The molecule has 2 aromatic heterocycles. The van der Waals surface area contributed by atoms with Gasteiger partial charge in [-0.2, -0.15) is 0 Å². The topological polar surface area (TPSA) is 57.3 Å². The van der Waals surface area contributed by atoms with Gasteiger partial charge in [0.15, 0.2) is 0 Å². The fourth-order valence-electron chi connectivity index (χ4n) is 3.89. The fourth-order valence-corrected chi connectivity index (χ4v) is 4.96. The number of fused-ring (bicyclic) bond motifs is 1. The molecule has 1 atom stereocenters. The molecule has 0 saturated carbocycles. The van der Waals surface area contributed by atoms with Crippen LogP contribution in [-0.4, -0.2) is 43.0 Å². The maximum Gasteiger partial charge on any atom is 0.267 e. The van der Waals surface area contributed by atoms with Crippen molar-refractivity contribution in [3.63, 3.8) is 0 Å². The smallest absolute Gasteiger partial charge is 0.267 e. The Labute approximate surface area is 172 Å². The van der Waals surface area contributed by atoms with Gasteiger partial charge in [-0.3, -0.25) is 4.79 Å². The minimum Gasteiger partial charge on any atom is -0.381 e. The molecule has 0 bridgehead atoms. The van der Waals surface area contributed by atoms with Crippen LogP contribution in [0.25, 0.3) is 17.2 Å². The molecule has 2 aliphatic heterocycles. The predicted molar refractivity (Wildman–Crippen MR) is 114 cm³/mol. The summed E-state index contributed by atoms with van der Waals surface area (Å²) < 4.78 is 28.4. The van der Waals surface area contributed by atoms with Gasteiger partial charge in [0.05, 0.1) is 17.9 Å². The van der Waals surface area contributed by atoms with E-state index in [1.165, 1.54) is 11.3 Å². The number of carbonyl (C=O) groups is 1. The summed E-state index contributed by atoms with van der Waals surface area (Å²) in [6.07, 6.45) is 2.07. The van der Waals surface area contributed by atoms with Crippen LogP contribution in [0.4, 0.5) is 20.3 Å². The minimum atomic E-state index is -2.73. The van der Waals surface area contributed by atoms with E-state index in [1.807, 2.05) is 13.0 Å². The van der Waals surface area contributed by atoms with Gasteiger partial charge < -0.3 is 15.5 Å². The van der Waals surface area contributed by atoms with Crippen molar-refractivity contribution in [3.05, 3.63) is 34.2 Å². The lowest BCUT2D eigenvalue weighted by molar-refractivity contribution is -0.0573. The Morgan fingerprint density at radius 1 is 1.34 bits per heavy atom. The summed E-state index contributed by atoms with van der Waals surface area (Å²) in [6, 6.07) is 3.68. The third-order valence-electron chi connectivity index (χ3n) is 5.65. The number of pyridine rings is 1. The van der Waals surface area contributed by atoms with Crippen molar-refractivity contribution in [1.29, 1.82) is 0 Å². The second kappa shape index (κ2) is 7.40. The lowest BCUT2D eigenvalue weighted by Crippen LogP contribution is -2.48. The number of anilines is 2. The number of thiophene rings is 1. The van der Waals surface area contributed by atoms with Crippen molar-refractivity contribution >= 4 is 34.8 Å². The highest BCUT2D eigenvalue weighted by atomic mass is 32.1. The molecule has 5 nitrogen and oxygen atoms in total. The third-order valence-corrected chi connectivity index (χ3v) is 6.76. The van der Waals surface area contributed by atoms with Crippen molar-refractivity contribution in [2.45, 2.75) is 26.2 Å². The van der Waals surface area contributed by atoms with Gasteiger partial charge in [0, 0.05) is 41.6 Å². The van der Waals surface area contributed by atoms with Gasteiger partial charge in [-0.1, -0.05) is 13.5 Å². The number of aryl methyl sites for hydroxylation is 1. The summed E-state index contributed by atoms with van der Waals surface area (Å²) in [5.41, 5.74) is 3.20. The van der Waals surface area contributed by atoms with Crippen LogP contribution in [0.15, 0.2) is 18.7 Å². The van der Waals surface area contributed by atoms with Gasteiger partial charge in [0.25, 0.3) is 11.8 Å². The lowest BCUT2D eigenvalue weighted by Gasteiger charge is -2.37. The predicted octanol–water partition coefficient (Wildman–Crippen LogP) is 4.40. The number of nitrogens with one attached hydrogen (secondary N) is 2. The molecule has 1 amide bonds. The Morgan fingerprint density at radius 3 is 2.83 bits per heavy atom. The number of nitrogens with zero attached hydrogens (tertiary/aromatic N) is 2. The molecule has 0 spiro atoms. The molecule has 29 heavy (non-hydrogen) atoms. The molecule has 4 rings (SSSR count). The number of hydrogen-bond donors (Lipinski definition) is 2. The number of halogens is 2. The van der Waals surface area contributed by atoms with Gasteiger partial charge in [0.2, 0.25) is 0 Å². The molecule has 0 aliphatic carbocycles. The number of rotatable bonds is 3. The second-order valence-corrected chi connectivity index (χ2v) is 8.82. The number of alkyl halides is 2. The number of hydrogen-bond acceptors (Lipinski definition) is 5. The first-order valence-electron chi connectivity index (χ1n) is 9.74. The van der Waals surface area contributed by atoms with E-state index in [4.69, 9.17) is 0 Å². The molecule has 154 valence electrons. The van der Waals surface area contributed by atoms with E-state index in [0.717, 1.165) is 21.7 Å². The summed E-state index contributed by atoms with van der Waals surface area (Å²) in [4.78, 5) is 20.3. The highest BCUT2D eigenvalue weighted by Crippen LogP contribution is 2.43. The maximum atomic E-state index is 14.2. The minimum absolute atomic E-state index is 0.0845. The van der Waals surface area contributed by atoms with E-state index in [-0.39, 0.29) is 12.5 Å². The first-order chi connectivity index (χ1) is 13.8. The van der Waals surface area contributed by atoms with Crippen molar-refractivity contribution < 1.29 is 13.6 Å². The van der Waals surface area contributed by atoms with Crippen LogP contribution in [0, 0.1) is 12.8 Å². The van der Waals surface area contributed by atoms with Crippen molar-refractivity contribution in [3.8, 4) is 11.1 Å². The monoisotopic (exact) mass is 418 g/mol. The van der Waals surface area contributed by atoms with Gasteiger partial charge in [0.1, 0.15) is 10.7 Å². The normalized spacial score (nSPS) is 21.0. The molecule has 8 heteroatoms. The van der Waals surface area contributed by atoms with Crippen LogP contribution in [0.5, 0.6) is 0 Å². The standard InChI is InChI=1S/C21H24F2N4OS/c1-4-15-14(17-13(3)29-19-18(17)24-8-9-25-20(19)28)5-6-16(26-15)27-10-7-12(2)21(22,23)11-27/h4-6,12,24H,1,7-11H2,2-3H3,(H,25,28). The largest absolute Gasteiger partial charge is 0.381 e. The van der Waals surface area contributed by atoms with Crippen molar-refractivity contribution in [2.75, 3.05) is 36.4 Å².